The standard InChI is InChI=1S/C20H22FNO3/c1-11(2)18(13-7-9-14(21)10-8-13)22-20(24)19-12(3)17-15(23)5-4-6-16(17)25-19/h7-11,18H,4-6H2,1-3H3,(H,22,24)/t18-/m0/s1. The van der Waals surface area contributed by atoms with Crippen molar-refractivity contribution in [2.75, 3.05) is 0 Å². The molecule has 0 aliphatic heterocycles. The lowest BCUT2D eigenvalue weighted by Crippen LogP contribution is -2.32. The number of nitrogens with one attached hydrogen (secondary N) is 1. The van der Waals surface area contributed by atoms with E-state index in [9.17, 15) is 14.0 Å². The summed E-state index contributed by atoms with van der Waals surface area (Å²) in [6.07, 6.45) is 1.93. The van der Waals surface area contributed by atoms with Gasteiger partial charge in [0.15, 0.2) is 11.5 Å². The third-order valence-corrected chi connectivity index (χ3v) is 4.69. The Kier molecular flexibility index (Phi) is 4.75. The van der Waals surface area contributed by atoms with Crippen molar-refractivity contribution in [2.45, 2.75) is 46.1 Å². The second kappa shape index (κ2) is 6.82. The molecule has 1 atom stereocenters. The lowest BCUT2D eigenvalue weighted by atomic mass is 9.93. The average Bonchev–Trinajstić information content (AvgIpc) is 2.91. The molecule has 1 aliphatic carbocycles. The fraction of sp³-hybridized carbons (Fsp3) is 0.400. The summed E-state index contributed by atoms with van der Waals surface area (Å²) in [4.78, 5) is 24.9. The number of hydrogen-bond donors (Lipinski definition) is 1. The zero-order valence-corrected chi connectivity index (χ0v) is 14.7. The SMILES string of the molecule is Cc1c(C(=O)N[C@H](c2ccc(F)cc2)C(C)C)oc2c1C(=O)CCC2. The number of amides is 1. The first-order chi connectivity index (χ1) is 11.9. The number of furan rings is 1. The Morgan fingerprint density at radius 1 is 1.20 bits per heavy atom. The molecular weight excluding hydrogens is 321 g/mol. The Balaban J connectivity index is 1.87. The number of hydrogen-bond acceptors (Lipinski definition) is 3. The van der Waals surface area contributed by atoms with Gasteiger partial charge in [-0.15, -0.1) is 0 Å². The highest BCUT2D eigenvalue weighted by Gasteiger charge is 2.30. The summed E-state index contributed by atoms with van der Waals surface area (Å²) in [7, 11) is 0. The molecule has 132 valence electrons. The van der Waals surface area contributed by atoms with Crippen molar-refractivity contribution in [2.24, 2.45) is 5.92 Å². The maximum absolute atomic E-state index is 13.2. The van der Waals surface area contributed by atoms with Crippen LogP contribution < -0.4 is 5.32 Å². The topological polar surface area (TPSA) is 59.3 Å². The first kappa shape index (κ1) is 17.4. The number of carbonyl (C=O) groups is 2. The van der Waals surface area contributed by atoms with Crippen molar-refractivity contribution in [3.05, 3.63) is 58.3 Å². The molecule has 25 heavy (non-hydrogen) atoms. The summed E-state index contributed by atoms with van der Waals surface area (Å²) in [5.41, 5.74) is 2.01. The minimum atomic E-state index is -0.345. The van der Waals surface area contributed by atoms with E-state index < -0.39 is 0 Å². The van der Waals surface area contributed by atoms with Crippen LogP contribution in [0.1, 0.15) is 70.5 Å². The molecule has 5 heteroatoms. The van der Waals surface area contributed by atoms with Gasteiger partial charge in [-0.3, -0.25) is 9.59 Å². The summed E-state index contributed by atoms with van der Waals surface area (Å²) in [5, 5.41) is 2.97. The molecule has 1 aromatic carbocycles. The minimum Gasteiger partial charge on any atom is -0.455 e. The van der Waals surface area contributed by atoms with E-state index >= 15 is 0 Å². The quantitative estimate of drug-likeness (QED) is 0.896. The summed E-state index contributed by atoms with van der Waals surface area (Å²) in [6.45, 7) is 5.72. The van der Waals surface area contributed by atoms with E-state index in [-0.39, 0.29) is 35.2 Å². The van der Waals surface area contributed by atoms with Gasteiger partial charge in [-0.25, -0.2) is 4.39 Å². The molecule has 0 radical (unpaired) electrons. The van der Waals surface area contributed by atoms with Crippen LogP contribution in [0.15, 0.2) is 28.7 Å². The molecule has 1 heterocycles. The van der Waals surface area contributed by atoms with E-state index in [1.807, 2.05) is 13.8 Å². The van der Waals surface area contributed by atoms with Crippen molar-refractivity contribution in [1.29, 1.82) is 0 Å². The van der Waals surface area contributed by atoms with Crippen LogP contribution in [0, 0.1) is 18.7 Å². The maximum Gasteiger partial charge on any atom is 0.287 e. The van der Waals surface area contributed by atoms with Gasteiger partial charge in [-0.1, -0.05) is 26.0 Å². The predicted molar refractivity (Wildman–Crippen MR) is 92.2 cm³/mol. The molecule has 1 aliphatic rings. The Bertz CT molecular complexity index is 805. The smallest absolute Gasteiger partial charge is 0.287 e. The molecule has 1 aromatic heterocycles. The van der Waals surface area contributed by atoms with Crippen LogP contribution >= 0.6 is 0 Å². The summed E-state index contributed by atoms with van der Waals surface area (Å²) in [6, 6.07) is 5.83. The number of ketones is 1. The predicted octanol–water partition coefficient (Wildman–Crippen LogP) is 4.37. The van der Waals surface area contributed by atoms with E-state index in [4.69, 9.17) is 4.42 Å². The zero-order chi connectivity index (χ0) is 18.1. The summed E-state index contributed by atoms with van der Waals surface area (Å²) >= 11 is 0. The highest BCUT2D eigenvalue weighted by atomic mass is 19.1. The second-order valence-electron chi connectivity index (χ2n) is 6.88. The van der Waals surface area contributed by atoms with Gasteiger partial charge in [0.05, 0.1) is 11.6 Å². The maximum atomic E-state index is 13.2. The third kappa shape index (κ3) is 3.36. The first-order valence-electron chi connectivity index (χ1n) is 8.60. The van der Waals surface area contributed by atoms with Crippen LogP contribution in [0.2, 0.25) is 0 Å². The van der Waals surface area contributed by atoms with E-state index in [1.165, 1.54) is 12.1 Å². The van der Waals surface area contributed by atoms with E-state index in [0.717, 1.165) is 12.0 Å². The molecule has 0 saturated heterocycles. The molecule has 1 N–H and O–H groups in total. The van der Waals surface area contributed by atoms with E-state index in [0.29, 0.717) is 29.7 Å². The molecule has 2 aromatic rings. The lowest BCUT2D eigenvalue weighted by molar-refractivity contribution is 0.0892. The average molecular weight is 343 g/mol. The second-order valence-corrected chi connectivity index (χ2v) is 6.88. The number of aryl methyl sites for hydroxylation is 1. The molecule has 0 saturated carbocycles. The Morgan fingerprint density at radius 2 is 1.88 bits per heavy atom. The van der Waals surface area contributed by atoms with Crippen LogP contribution in [-0.4, -0.2) is 11.7 Å². The first-order valence-corrected chi connectivity index (χ1v) is 8.60. The summed E-state index contributed by atoms with van der Waals surface area (Å²) < 4.78 is 18.9. The minimum absolute atomic E-state index is 0.0421. The fourth-order valence-electron chi connectivity index (χ4n) is 3.38. The van der Waals surface area contributed by atoms with Gasteiger partial charge in [0.2, 0.25) is 0 Å². The molecule has 1 amide bonds. The van der Waals surface area contributed by atoms with Crippen LogP contribution in [0.5, 0.6) is 0 Å². The molecular formula is C20H22FNO3. The largest absolute Gasteiger partial charge is 0.455 e. The monoisotopic (exact) mass is 343 g/mol. The van der Waals surface area contributed by atoms with Gasteiger partial charge in [-0.2, -0.15) is 0 Å². The molecule has 0 bridgehead atoms. The van der Waals surface area contributed by atoms with Crippen molar-refractivity contribution in [3.63, 3.8) is 0 Å². The van der Waals surface area contributed by atoms with Crippen LogP contribution in [0.3, 0.4) is 0 Å². The highest BCUT2D eigenvalue weighted by molar-refractivity contribution is 6.03. The number of Topliss-reactive ketones (excluding diaryl/α,β-unsaturated/α-hetero) is 1. The van der Waals surface area contributed by atoms with Gasteiger partial charge < -0.3 is 9.73 Å². The van der Waals surface area contributed by atoms with Crippen molar-refractivity contribution >= 4 is 11.7 Å². The highest BCUT2D eigenvalue weighted by Crippen LogP contribution is 2.30. The molecule has 3 rings (SSSR count). The van der Waals surface area contributed by atoms with Crippen LogP contribution in [0.4, 0.5) is 4.39 Å². The molecule has 0 spiro atoms. The van der Waals surface area contributed by atoms with Crippen LogP contribution in [0.25, 0.3) is 0 Å². The number of rotatable bonds is 4. The summed E-state index contributed by atoms with van der Waals surface area (Å²) in [5.74, 6) is 0.310. The number of fused-ring (bicyclic) bond motifs is 1. The van der Waals surface area contributed by atoms with Crippen molar-refractivity contribution in [1.82, 2.24) is 5.32 Å². The van der Waals surface area contributed by atoms with E-state index in [1.54, 1.807) is 19.1 Å². The molecule has 0 fully saturated rings. The number of carbonyl (C=O) groups excluding carboxylic acids is 2. The number of halogens is 1. The fourth-order valence-corrected chi connectivity index (χ4v) is 3.38. The Hall–Kier alpha value is -2.43. The molecule has 4 nitrogen and oxygen atoms in total. The normalized spacial score (nSPS) is 15.2. The zero-order valence-electron chi connectivity index (χ0n) is 14.7. The van der Waals surface area contributed by atoms with Gasteiger partial charge in [0.1, 0.15) is 11.6 Å². The van der Waals surface area contributed by atoms with Gasteiger partial charge >= 0.3 is 0 Å². The van der Waals surface area contributed by atoms with Crippen molar-refractivity contribution < 1.29 is 18.4 Å². The van der Waals surface area contributed by atoms with E-state index in [2.05, 4.69) is 5.32 Å². The van der Waals surface area contributed by atoms with Gasteiger partial charge in [0.25, 0.3) is 5.91 Å². The third-order valence-electron chi connectivity index (χ3n) is 4.69. The van der Waals surface area contributed by atoms with Crippen molar-refractivity contribution in [3.8, 4) is 0 Å². The van der Waals surface area contributed by atoms with Gasteiger partial charge in [-0.05, 0) is 37.0 Å². The Labute approximate surface area is 146 Å². The molecule has 0 unspecified atom stereocenters. The lowest BCUT2D eigenvalue weighted by Gasteiger charge is -2.22. The van der Waals surface area contributed by atoms with Gasteiger partial charge in [0, 0.05) is 18.4 Å². The van der Waals surface area contributed by atoms with Crippen LogP contribution in [-0.2, 0) is 6.42 Å². The number of benzene rings is 1. The Morgan fingerprint density at radius 3 is 2.48 bits per heavy atom.